The Morgan fingerprint density at radius 2 is 0.796 bits per heavy atom. The fourth-order valence-corrected chi connectivity index (χ4v) is 7.04. The Morgan fingerprint density at radius 1 is 0.444 bits per heavy atom. The van der Waals surface area contributed by atoms with Gasteiger partial charge < -0.3 is 51.9 Å². The van der Waals surface area contributed by atoms with E-state index in [1.807, 2.05) is 0 Å². The molecule has 0 radical (unpaired) electrons. The van der Waals surface area contributed by atoms with Crippen molar-refractivity contribution in [1.29, 1.82) is 0 Å². The average Bonchev–Trinajstić information content (AvgIpc) is 3.15. The average molecular weight is 796 g/mol. The van der Waals surface area contributed by atoms with Crippen LogP contribution < -0.4 is 0 Å². The molecule has 12 nitrogen and oxygen atoms in total. The molecule has 0 N–H and O–H groups in total. The summed E-state index contributed by atoms with van der Waals surface area (Å²) in [5.41, 5.74) is 0. The van der Waals surface area contributed by atoms with Crippen LogP contribution in [-0.2, 0) is 58.4 Å². The highest BCUT2D eigenvalue weighted by Gasteiger charge is 2.54. The SMILES string of the molecule is CCCCOCC1OC(CS(=O)[O-])C(OCCCC)C(OCCCC)C1OC1OC(COCCCC)C(OCCCC)C(OCCCC)C1OCCCC. The van der Waals surface area contributed by atoms with Gasteiger partial charge in [-0.3, -0.25) is 4.21 Å². The number of unbranched alkanes of at least 4 members (excludes halogenated alkanes) is 7. The number of rotatable bonds is 34. The van der Waals surface area contributed by atoms with Crippen LogP contribution in [0.25, 0.3) is 0 Å². The van der Waals surface area contributed by atoms with Gasteiger partial charge in [-0.1, -0.05) is 104 Å². The van der Waals surface area contributed by atoms with E-state index in [-0.39, 0.29) is 12.4 Å². The van der Waals surface area contributed by atoms with Gasteiger partial charge in [0.25, 0.3) is 0 Å². The Morgan fingerprint density at radius 3 is 1.22 bits per heavy atom. The summed E-state index contributed by atoms with van der Waals surface area (Å²) in [6.45, 7) is 19.1. The lowest BCUT2D eigenvalue weighted by Gasteiger charge is -2.50. The molecule has 2 heterocycles. The van der Waals surface area contributed by atoms with Crippen LogP contribution in [0.1, 0.15) is 138 Å². The maximum Gasteiger partial charge on any atom is 0.187 e. The van der Waals surface area contributed by atoms with Crippen LogP contribution in [0.15, 0.2) is 0 Å². The van der Waals surface area contributed by atoms with Crippen molar-refractivity contribution in [2.75, 3.05) is 65.2 Å². The molecule has 322 valence electrons. The van der Waals surface area contributed by atoms with E-state index in [2.05, 4.69) is 48.5 Å². The Labute approximate surface area is 331 Å². The molecule has 13 heteroatoms. The smallest absolute Gasteiger partial charge is 0.187 e. The minimum atomic E-state index is -2.37. The predicted octanol–water partition coefficient (Wildman–Crippen LogP) is 7.30. The zero-order valence-corrected chi connectivity index (χ0v) is 35.9. The van der Waals surface area contributed by atoms with Gasteiger partial charge in [-0.25, -0.2) is 0 Å². The maximum absolute atomic E-state index is 12.2. The minimum Gasteiger partial charge on any atom is -0.772 e. The number of hydrogen-bond acceptors (Lipinski definition) is 12. The quantitative estimate of drug-likeness (QED) is 0.0478. The van der Waals surface area contributed by atoms with E-state index in [0.717, 1.165) is 89.9 Å². The third-order valence-electron chi connectivity index (χ3n) is 9.80. The van der Waals surface area contributed by atoms with Crippen LogP contribution in [0.5, 0.6) is 0 Å². The van der Waals surface area contributed by atoms with Gasteiger partial charge in [0, 0.05) is 52.0 Å². The monoisotopic (exact) mass is 796 g/mol. The lowest BCUT2D eigenvalue weighted by Crippen LogP contribution is -2.67. The summed E-state index contributed by atoms with van der Waals surface area (Å²) in [4.78, 5) is 0. The van der Waals surface area contributed by atoms with E-state index in [4.69, 9.17) is 47.4 Å². The molecule has 0 aromatic rings. The van der Waals surface area contributed by atoms with Crippen LogP contribution in [0, 0.1) is 0 Å². The fourth-order valence-electron chi connectivity index (χ4n) is 6.50. The molecule has 11 unspecified atom stereocenters. The summed E-state index contributed by atoms with van der Waals surface area (Å²) >= 11 is -2.37. The molecule has 0 aromatic heterocycles. The molecule has 2 rings (SSSR count). The highest BCUT2D eigenvalue weighted by atomic mass is 32.2. The van der Waals surface area contributed by atoms with Crippen LogP contribution in [0.4, 0.5) is 0 Å². The minimum absolute atomic E-state index is 0.193. The van der Waals surface area contributed by atoms with Gasteiger partial charge >= 0.3 is 0 Å². The fraction of sp³-hybridized carbons (Fsp3) is 1.00. The van der Waals surface area contributed by atoms with Gasteiger partial charge in [-0.15, -0.1) is 0 Å². The lowest BCUT2D eigenvalue weighted by atomic mass is 9.93. The molecule has 2 fully saturated rings. The van der Waals surface area contributed by atoms with Crippen molar-refractivity contribution in [2.45, 2.75) is 200 Å². The number of ether oxygens (including phenoxy) is 10. The van der Waals surface area contributed by atoms with Crippen molar-refractivity contribution in [3.63, 3.8) is 0 Å². The molecule has 0 bridgehead atoms. The van der Waals surface area contributed by atoms with E-state index in [1.165, 1.54) is 0 Å². The van der Waals surface area contributed by atoms with Crippen molar-refractivity contribution in [3.05, 3.63) is 0 Å². The van der Waals surface area contributed by atoms with E-state index in [9.17, 15) is 8.76 Å². The summed E-state index contributed by atoms with van der Waals surface area (Å²) < 4.78 is 90.6. The Kier molecular flexibility index (Phi) is 29.2. The van der Waals surface area contributed by atoms with Gasteiger partial charge in [-0.2, -0.15) is 0 Å². The first-order valence-electron chi connectivity index (χ1n) is 21.7. The summed E-state index contributed by atoms with van der Waals surface area (Å²) in [6.07, 6.45) is 6.50. The molecule has 0 spiro atoms. The van der Waals surface area contributed by atoms with Gasteiger partial charge in [0.1, 0.15) is 48.8 Å². The third kappa shape index (κ3) is 18.5. The van der Waals surface area contributed by atoms with Crippen LogP contribution in [0.3, 0.4) is 0 Å². The Bertz CT molecular complexity index is 902. The summed E-state index contributed by atoms with van der Waals surface area (Å²) in [5, 5.41) is 0. The second-order valence-electron chi connectivity index (χ2n) is 14.6. The van der Waals surface area contributed by atoms with Crippen molar-refractivity contribution in [3.8, 4) is 0 Å². The molecule has 2 saturated heterocycles. The van der Waals surface area contributed by atoms with Crippen molar-refractivity contribution >= 4 is 11.1 Å². The van der Waals surface area contributed by atoms with Crippen LogP contribution >= 0.6 is 0 Å². The molecule has 0 aliphatic carbocycles. The third-order valence-corrected chi connectivity index (χ3v) is 10.4. The first-order valence-corrected chi connectivity index (χ1v) is 22.9. The van der Waals surface area contributed by atoms with Crippen molar-refractivity contribution < 1.29 is 56.1 Å². The number of hydrogen-bond donors (Lipinski definition) is 0. The molecule has 2 aliphatic heterocycles. The van der Waals surface area contributed by atoms with Gasteiger partial charge in [0.05, 0.1) is 19.3 Å². The molecular formula is C41H79O12S-. The van der Waals surface area contributed by atoms with Crippen molar-refractivity contribution in [1.82, 2.24) is 0 Å². The zero-order chi connectivity index (χ0) is 39.4. The Hall–Kier alpha value is -0.290. The summed E-state index contributed by atoms with van der Waals surface area (Å²) in [6, 6.07) is 0. The van der Waals surface area contributed by atoms with E-state index in [1.54, 1.807) is 0 Å². The van der Waals surface area contributed by atoms with E-state index >= 15 is 0 Å². The first kappa shape index (κ1) is 49.9. The molecule has 11 atom stereocenters. The predicted molar refractivity (Wildman–Crippen MR) is 211 cm³/mol. The van der Waals surface area contributed by atoms with Crippen LogP contribution in [0.2, 0.25) is 0 Å². The zero-order valence-electron chi connectivity index (χ0n) is 35.1. The molecule has 0 amide bonds. The standard InChI is InChI=1S/C41H80O12S/c1-8-15-22-44-29-32-35(46-24-17-10-3)39(49-27-20-13-6)40(50-28-21-14-7)41(52-32)53-37-33(30-45-23-16-9-2)51-34(31-54(42)43)36(47-25-18-11-4)38(37)48-26-19-12-5/h32-41H,8-31H2,1-7H3,(H,42,43)/p-1. The second-order valence-corrected chi connectivity index (χ2v) is 15.6. The molecule has 54 heavy (non-hydrogen) atoms. The van der Waals surface area contributed by atoms with Gasteiger partial charge in [0.2, 0.25) is 0 Å². The lowest BCUT2D eigenvalue weighted by molar-refractivity contribution is -0.358. The molecular weight excluding hydrogens is 717 g/mol. The highest BCUT2D eigenvalue weighted by molar-refractivity contribution is 7.79. The maximum atomic E-state index is 12.2. The van der Waals surface area contributed by atoms with Gasteiger partial charge in [-0.05, 0) is 44.9 Å². The Balaban J connectivity index is 2.65. The largest absolute Gasteiger partial charge is 0.772 e. The van der Waals surface area contributed by atoms with Crippen LogP contribution in [-0.4, -0.2) is 135 Å². The first-order chi connectivity index (χ1) is 26.4. The second kappa shape index (κ2) is 31.7. The normalized spacial score (nSPS) is 29.5. The van der Waals surface area contributed by atoms with E-state index < -0.39 is 72.3 Å². The highest BCUT2D eigenvalue weighted by Crippen LogP contribution is 2.35. The molecule has 0 aromatic carbocycles. The summed E-state index contributed by atoms with van der Waals surface area (Å²) in [7, 11) is 0. The molecule has 0 saturated carbocycles. The van der Waals surface area contributed by atoms with Crippen molar-refractivity contribution in [2.24, 2.45) is 0 Å². The molecule has 2 aliphatic rings. The van der Waals surface area contributed by atoms with Gasteiger partial charge in [0.15, 0.2) is 6.29 Å². The summed E-state index contributed by atoms with van der Waals surface area (Å²) in [5.74, 6) is -0.230. The topological polar surface area (TPSA) is 132 Å². The van der Waals surface area contributed by atoms with E-state index in [0.29, 0.717) is 52.9 Å².